The first-order valence-corrected chi connectivity index (χ1v) is 4.01. The maximum atomic E-state index is 11.1. The quantitative estimate of drug-likeness (QED) is 0.738. The van der Waals surface area contributed by atoms with Gasteiger partial charge in [-0.2, -0.15) is 0 Å². The van der Waals surface area contributed by atoms with Gasteiger partial charge in [-0.1, -0.05) is 37.3 Å². The number of Topliss-reactive ketones (excluding diaryl/α,β-unsaturated/α-hetero) is 1. The summed E-state index contributed by atoms with van der Waals surface area (Å²) in [6.07, 6.45) is -0.577. The van der Waals surface area contributed by atoms with Crippen LogP contribution in [0.2, 0.25) is 0 Å². The van der Waals surface area contributed by atoms with E-state index in [-0.39, 0.29) is 5.78 Å². The molecule has 0 heterocycles. The maximum absolute atomic E-state index is 11.1. The second-order valence-corrected chi connectivity index (χ2v) is 2.63. The van der Waals surface area contributed by atoms with Crippen molar-refractivity contribution in [3.63, 3.8) is 0 Å². The minimum Gasteiger partial charge on any atom is -0.381 e. The number of carbonyl (C=O) groups excluding carboxylic acids is 1. The molecular formula is C10H12O2. The number of rotatable bonds is 3. The summed E-state index contributed by atoms with van der Waals surface area (Å²) in [4.78, 5) is 11.1. The van der Waals surface area contributed by atoms with Crippen molar-refractivity contribution in [2.24, 2.45) is 0 Å². The van der Waals surface area contributed by atoms with Crippen molar-refractivity contribution in [1.82, 2.24) is 0 Å². The Kier molecular flexibility index (Phi) is 3.00. The average Bonchev–Trinajstić information content (AvgIpc) is 2.17. The van der Waals surface area contributed by atoms with Crippen LogP contribution in [-0.2, 0) is 4.79 Å². The van der Waals surface area contributed by atoms with E-state index in [4.69, 9.17) is 0 Å². The van der Waals surface area contributed by atoms with Crippen LogP contribution in [0.15, 0.2) is 30.3 Å². The fourth-order valence-electron chi connectivity index (χ4n) is 1.01. The fourth-order valence-corrected chi connectivity index (χ4v) is 1.01. The van der Waals surface area contributed by atoms with Crippen molar-refractivity contribution in [2.45, 2.75) is 19.4 Å². The molecule has 1 aromatic rings. The van der Waals surface area contributed by atoms with Crippen molar-refractivity contribution in [3.05, 3.63) is 35.9 Å². The number of aliphatic hydroxyl groups is 1. The van der Waals surface area contributed by atoms with Crippen LogP contribution in [0.3, 0.4) is 0 Å². The molecule has 64 valence electrons. The van der Waals surface area contributed by atoms with Gasteiger partial charge in [-0.25, -0.2) is 0 Å². The lowest BCUT2D eigenvalue weighted by atomic mass is 10.0. The Morgan fingerprint density at radius 3 is 2.50 bits per heavy atom. The van der Waals surface area contributed by atoms with E-state index in [0.717, 1.165) is 0 Å². The van der Waals surface area contributed by atoms with Crippen molar-refractivity contribution < 1.29 is 9.90 Å². The van der Waals surface area contributed by atoms with Crippen LogP contribution in [0.1, 0.15) is 25.0 Å². The molecule has 0 saturated heterocycles. The molecule has 1 rings (SSSR count). The highest BCUT2D eigenvalue weighted by molar-refractivity contribution is 5.83. The van der Waals surface area contributed by atoms with Gasteiger partial charge >= 0.3 is 0 Å². The van der Waals surface area contributed by atoms with Gasteiger partial charge in [0.25, 0.3) is 0 Å². The van der Waals surface area contributed by atoms with E-state index in [9.17, 15) is 9.90 Å². The van der Waals surface area contributed by atoms with Gasteiger partial charge in [0.1, 0.15) is 6.10 Å². The molecule has 0 bridgehead atoms. The Hall–Kier alpha value is -1.15. The second kappa shape index (κ2) is 4.02. The number of hydrogen-bond acceptors (Lipinski definition) is 2. The predicted octanol–water partition coefficient (Wildman–Crippen LogP) is 1.70. The highest BCUT2D eigenvalue weighted by atomic mass is 16.3. The summed E-state index contributed by atoms with van der Waals surface area (Å²) < 4.78 is 0. The van der Waals surface area contributed by atoms with Gasteiger partial charge < -0.3 is 5.11 Å². The molecule has 12 heavy (non-hydrogen) atoms. The number of carbonyl (C=O) groups is 1. The third-order valence-corrected chi connectivity index (χ3v) is 1.77. The second-order valence-electron chi connectivity index (χ2n) is 2.63. The molecular weight excluding hydrogens is 152 g/mol. The third-order valence-electron chi connectivity index (χ3n) is 1.77. The molecule has 0 aromatic heterocycles. The minimum atomic E-state index is -0.948. The Balaban J connectivity index is 2.78. The number of hydrogen-bond donors (Lipinski definition) is 1. The van der Waals surface area contributed by atoms with Crippen LogP contribution >= 0.6 is 0 Å². The molecule has 0 aliphatic rings. The molecule has 0 amide bonds. The first-order chi connectivity index (χ1) is 5.75. The van der Waals surface area contributed by atoms with E-state index in [1.54, 1.807) is 19.1 Å². The Labute approximate surface area is 71.8 Å². The summed E-state index contributed by atoms with van der Waals surface area (Å²) in [6, 6.07) is 8.96. The van der Waals surface area contributed by atoms with Crippen molar-refractivity contribution in [2.75, 3.05) is 0 Å². The van der Waals surface area contributed by atoms with Gasteiger partial charge in [0.2, 0.25) is 0 Å². The van der Waals surface area contributed by atoms with Gasteiger partial charge in [0.05, 0.1) is 0 Å². The molecule has 0 aliphatic carbocycles. The SMILES string of the molecule is CCC(=O)C(O)c1ccccc1. The lowest BCUT2D eigenvalue weighted by molar-refractivity contribution is -0.127. The molecule has 1 N–H and O–H groups in total. The zero-order valence-electron chi connectivity index (χ0n) is 7.03. The monoisotopic (exact) mass is 164 g/mol. The lowest BCUT2D eigenvalue weighted by Crippen LogP contribution is -2.09. The van der Waals surface area contributed by atoms with Crippen LogP contribution in [0.25, 0.3) is 0 Å². The normalized spacial score (nSPS) is 12.5. The molecule has 1 unspecified atom stereocenters. The van der Waals surface area contributed by atoms with Crippen LogP contribution in [0.5, 0.6) is 0 Å². The first kappa shape index (κ1) is 8.94. The van der Waals surface area contributed by atoms with Gasteiger partial charge in [-0.3, -0.25) is 4.79 Å². The summed E-state index contributed by atoms with van der Waals surface area (Å²) >= 11 is 0. The molecule has 1 atom stereocenters. The molecule has 0 saturated carbocycles. The zero-order valence-corrected chi connectivity index (χ0v) is 7.03. The number of aliphatic hydroxyl groups excluding tert-OH is 1. The summed E-state index contributed by atoms with van der Waals surface area (Å²) in [5.74, 6) is -0.138. The third kappa shape index (κ3) is 1.92. The van der Waals surface area contributed by atoms with Gasteiger partial charge in [-0.15, -0.1) is 0 Å². The fraction of sp³-hybridized carbons (Fsp3) is 0.300. The van der Waals surface area contributed by atoms with Crippen molar-refractivity contribution in [3.8, 4) is 0 Å². The highest BCUT2D eigenvalue weighted by Gasteiger charge is 2.13. The first-order valence-electron chi connectivity index (χ1n) is 4.01. The van der Waals surface area contributed by atoms with E-state index in [0.29, 0.717) is 12.0 Å². The Morgan fingerprint density at radius 2 is 2.00 bits per heavy atom. The molecule has 2 heteroatoms. The van der Waals surface area contributed by atoms with E-state index < -0.39 is 6.10 Å². The largest absolute Gasteiger partial charge is 0.381 e. The summed E-state index contributed by atoms with van der Waals surface area (Å²) in [5.41, 5.74) is 0.671. The average molecular weight is 164 g/mol. The summed E-state index contributed by atoms with van der Waals surface area (Å²) in [6.45, 7) is 1.74. The molecule has 0 fully saturated rings. The van der Waals surface area contributed by atoms with Crippen LogP contribution in [0, 0.1) is 0 Å². The van der Waals surface area contributed by atoms with Crippen LogP contribution in [-0.4, -0.2) is 10.9 Å². The van der Waals surface area contributed by atoms with E-state index in [2.05, 4.69) is 0 Å². The standard InChI is InChI=1S/C10H12O2/c1-2-9(11)10(12)8-6-4-3-5-7-8/h3-7,10,12H,2H2,1H3. The lowest BCUT2D eigenvalue weighted by Gasteiger charge is -2.07. The smallest absolute Gasteiger partial charge is 0.165 e. The van der Waals surface area contributed by atoms with Gasteiger partial charge in [-0.05, 0) is 5.56 Å². The van der Waals surface area contributed by atoms with Crippen LogP contribution in [0.4, 0.5) is 0 Å². The predicted molar refractivity (Wildman–Crippen MR) is 46.7 cm³/mol. The Morgan fingerprint density at radius 1 is 1.42 bits per heavy atom. The molecule has 0 aliphatic heterocycles. The topological polar surface area (TPSA) is 37.3 Å². The summed E-state index contributed by atoms with van der Waals surface area (Å²) in [7, 11) is 0. The van der Waals surface area contributed by atoms with E-state index >= 15 is 0 Å². The summed E-state index contributed by atoms with van der Waals surface area (Å²) in [5, 5.41) is 9.44. The minimum absolute atomic E-state index is 0.138. The zero-order chi connectivity index (χ0) is 8.97. The number of ketones is 1. The van der Waals surface area contributed by atoms with Gasteiger partial charge in [0, 0.05) is 6.42 Å². The number of benzene rings is 1. The molecule has 0 radical (unpaired) electrons. The van der Waals surface area contributed by atoms with E-state index in [1.807, 2.05) is 18.2 Å². The molecule has 2 nitrogen and oxygen atoms in total. The Bertz CT molecular complexity index is 254. The van der Waals surface area contributed by atoms with Crippen molar-refractivity contribution in [1.29, 1.82) is 0 Å². The van der Waals surface area contributed by atoms with Crippen molar-refractivity contribution >= 4 is 5.78 Å². The molecule has 0 spiro atoms. The molecule has 1 aromatic carbocycles. The highest BCUT2D eigenvalue weighted by Crippen LogP contribution is 2.13. The maximum Gasteiger partial charge on any atom is 0.165 e. The van der Waals surface area contributed by atoms with Crippen LogP contribution < -0.4 is 0 Å². The van der Waals surface area contributed by atoms with Gasteiger partial charge in [0.15, 0.2) is 5.78 Å². The van der Waals surface area contributed by atoms with E-state index in [1.165, 1.54) is 0 Å².